The summed E-state index contributed by atoms with van der Waals surface area (Å²) in [7, 11) is 1.88. The molecule has 0 aliphatic carbocycles. The van der Waals surface area contributed by atoms with Gasteiger partial charge in [-0.25, -0.2) is 9.50 Å². The Kier molecular flexibility index (Phi) is 4.16. The van der Waals surface area contributed by atoms with Crippen LogP contribution < -0.4 is 10.6 Å². The number of hydrogen-bond donors (Lipinski definition) is 2. The van der Waals surface area contributed by atoms with Gasteiger partial charge in [0, 0.05) is 66.9 Å². The standard InChI is InChI=1S/C21H21N7O2/c1-26-11-16(7-24-26)15-5-17(21-18(22)8-25-28(21)12-15)14-2-3-19(23-6-14)27-9-13(10-27)4-20(29)30/h2-3,5-8,11-13H,4,9-10,22H2,1H3,(H,29,30). The molecule has 1 aliphatic heterocycles. The highest BCUT2D eigenvalue weighted by Gasteiger charge is 2.29. The van der Waals surface area contributed by atoms with Gasteiger partial charge in [0.15, 0.2) is 0 Å². The van der Waals surface area contributed by atoms with E-state index in [0.29, 0.717) is 5.69 Å². The van der Waals surface area contributed by atoms with Crippen LogP contribution in [0.25, 0.3) is 27.8 Å². The summed E-state index contributed by atoms with van der Waals surface area (Å²) in [6.45, 7) is 1.43. The minimum absolute atomic E-state index is 0.186. The minimum atomic E-state index is -0.751. The molecule has 0 radical (unpaired) electrons. The lowest BCUT2D eigenvalue weighted by Crippen LogP contribution is -2.47. The quantitative estimate of drug-likeness (QED) is 0.525. The maximum Gasteiger partial charge on any atom is 0.303 e. The Hall–Kier alpha value is -3.88. The monoisotopic (exact) mass is 403 g/mol. The van der Waals surface area contributed by atoms with Crippen molar-refractivity contribution in [2.75, 3.05) is 23.7 Å². The van der Waals surface area contributed by atoms with Crippen LogP contribution in [0.15, 0.2) is 49.2 Å². The number of nitrogens with two attached hydrogens (primary N) is 1. The van der Waals surface area contributed by atoms with E-state index in [2.05, 4.69) is 26.1 Å². The molecule has 9 heteroatoms. The SMILES string of the molecule is Cn1cc(-c2cc(-c3ccc(N4CC(CC(=O)O)C4)nc3)c3c(N)cnn3c2)cn1. The Labute approximate surface area is 172 Å². The highest BCUT2D eigenvalue weighted by molar-refractivity contribution is 5.91. The van der Waals surface area contributed by atoms with Gasteiger partial charge in [-0.3, -0.25) is 9.48 Å². The number of carboxylic acid groups (broad SMARTS) is 1. The van der Waals surface area contributed by atoms with Crippen molar-refractivity contribution in [3.63, 3.8) is 0 Å². The Morgan fingerprint density at radius 3 is 2.63 bits per heavy atom. The predicted octanol–water partition coefficient (Wildman–Crippen LogP) is 2.29. The molecule has 9 nitrogen and oxygen atoms in total. The molecule has 30 heavy (non-hydrogen) atoms. The van der Waals surface area contributed by atoms with E-state index >= 15 is 0 Å². The van der Waals surface area contributed by atoms with E-state index in [-0.39, 0.29) is 12.3 Å². The van der Waals surface area contributed by atoms with Crippen LogP contribution in [0.2, 0.25) is 0 Å². The molecule has 0 unspecified atom stereocenters. The highest BCUT2D eigenvalue weighted by atomic mass is 16.4. The van der Waals surface area contributed by atoms with E-state index in [1.54, 1.807) is 15.4 Å². The van der Waals surface area contributed by atoms with Crippen LogP contribution in [-0.2, 0) is 11.8 Å². The number of aryl methyl sites for hydroxylation is 1. The summed E-state index contributed by atoms with van der Waals surface area (Å²) in [6.07, 6.45) is 9.39. The first-order valence-electron chi connectivity index (χ1n) is 9.67. The zero-order chi connectivity index (χ0) is 20.8. The molecule has 1 fully saturated rings. The zero-order valence-corrected chi connectivity index (χ0v) is 16.4. The second-order valence-electron chi connectivity index (χ2n) is 7.71. The van der Waals surface area contributed by atoms with E-state index in [0.717, 1.165) is 46.7 Å². The maximum atomic E-state index is 10.8. The van der Waals surface area contributed by atoms with E-state index < -0.39 is 5.97 Å². The number of rotatable bonds is 5. The van der Waals surface area contributed by atoms with Gasteiger partial charge in [0.2, 0.25) is 0 Å². The van der Waals surface area contributed by atoms with Crippen molar-refractivity contribution in [3.8, 4) is 22.3 Å². The molecule has 1 saturated heterocycles. The molecule has 152 valence electrons. The van der Waals surface area contributed by atoms with Gasteiger partial charge >= 0.3 is 5.97 Å². The molecule has 4 aromatic rings. The van der Waals surface area contributed by atoms with Crippen LogP contribution in [0.3, 0.4) is 0 Å². The summed E-state index contributed by atoms with van der Waals surface area (Å²) < 4.78 is 3.55. The molecule has 5 heterocycles. The van der Waals surface area contributed by atoms with Crippen LogP contribution in [-0.4, -0.2) is 48.5 Å². The molecule has 4 aromatic heterocycles. The summed E-state index contributed by atoms with van der Waals surface area (Å²) in [5.41, 5.74) is 11.5. The van der Waals surface area contributed by atoms with E-state index in [1.807, 2.05) is 44.0 Å². The lowest BCUT2D eigenvalue weighted by atomic mass is 9.96. The molecule has 0 spiro atoms. The zero-order valence-electron chi connectivity index (χ0n) is 16.4. The topological polar surface area (TPSA) is 115 Å². The van der Waals surface area contributed by atoms with Crippen molar-refractivity contribution in [2.24, 2.45) is 13.0 Å². The number of anilines is 2. The molecule has 0 aromatic carbocycles. The molecular weight excluding hydrogens is 382 g/mol. The van der Waals surface area contributed by atoms with Gasteiger partial charge in [-0.1, -0.05) is 0 Å². The third-order valence-electron chi connectivity index (χ3n) is 5.48. The summed E-state index contributed by atoms with van der Waals surface area (Å²) in [5, 5.41) is 17.6. The Morgan fingerprint density at radius 1 is 1.13 bits per heavy atom. The number of hydrogen-bond acceptors (Lipinski definition) is 6. The van der Waals surface area contributed by atoms with Gasteiger partial charge in [0.25, 0.3) is 0 Å². The van der Waals surface area contributed by atoms with Crippen molar-refractivity contribution in [1.29, 1.82) is 0 Å². The molecule has 0 amide bonds. The van der Waals surface area contributed by atoms with Gasteiger partial charge in [-0.2, -0.15) is 10.2 Å². The lowest BCUT2D eigenvalue weighted by Gasteiger charge is -2.39. The summed E-state index contributed by atoms with van der Waals surface area (Å²) in [4.78, 5) is 17.5. The van der Waals surface area contributed by atoms with Crippen molar-refractivity contribution >= 4 is 23.0 Å². The molecule has 0 atom stereocenters. The van der Waals surface area contributed by atoms with Gasteiger partial charge in [0.05, 0.1) is 30.0 Å². The smallest absolute Gasteiger partial charge is 0.303 e. The number of fused-ring (bicyclic) bond motifs is 1. The van der Waals surface area contributed by atoms with Crippen LogP contribution in [0.4, 0.5) is 11.5 Å². The first-order chi connectivity index (χ1) is 14.5. The average Bonchev–Trinajstić information content (AvgIpc) is 3.30. The first-order valence-corrected chi connectivity index (χ1v) is 9.67. The number of nitrogen functional groups attached to an aromatic ring is 1. The molecule has 5 rings (SSSR count). The van der Waals surface area contributed by atoms with E-state index in [9.17, 15) is 4.79 Å². The van der Waals surface area contributed by atoms with Gasteiger partial charge in [0.1, 0.15) is 5.82 Å². The molecule has 3 N–H and O–H groups in total. The Bertz CT molecular complexity index is 1240. The van der Waals surface area contributed by atoms with Crippen molar-refractivity contribution in [2.45, 2.75) is 6.42 Å². The second-order valence-corrected chi connectivity index (χ2v) is 7.71. The summed E-state index contributed by atoms with van der Waals surface area (Å²) in [6, 6.07) is 6.06. The lowest BCUT2D eigenvalue weighted by molar-refractivity contribution is -0.138. The Morgan fingerprint density at radius 2 is 1.97 bits per heavy atom. The maximum absolute atomic E-state index is 10.8. The molecule has 1 aliphatic rings. The normalized spacial score (nSPS) is 14.2. The predicted molar refractivity (Wildman–Crippen MR) is 113 cm³/mol. The summed E-state index contributed by atoms with van der Waals surface area (Å²) >= 11 is 0. The number of aliphatic carboxylic acids is 1. The highest BCUT2D eigenvalue weighted by Crippen LogP contribution is 2.34. The third-order valence-corrected chi connectivity index (χ3v) is 5.48. The fourth-order valence-corrected chi connectivity index (χ4v) is 3.96. The fraction of sp³-hybridized carbons (Fsp3) is 0.238. The van der Waals surface area contributed by atoms with Crippen LogP contribution >= 0.6 is 0 Å². The fourth-order valence-electron chi connectivity index (χ4n) is 3.96. The average molecular weight is 403 g/mol. The number of carbonyl (C=O) groups is 1. The van der Waals surface area contributed by atoms with Crippen LogP contribution in [0.5, 0.6) is 0 Å². The Balaban J connectivity index is 1.48. The van der Waals surface area contributed by atoms with Gasteiger partial charge < -0.3 is 15.7 Å². The molecule has 0 saturated carbocycles. The van der Waals surface area contributed by atoms with E-state index in [1.165, 1.54) is 0 Å². The van der Waals surface area contributed by atoms with Crippen LogP contribution in [0, 0.1) is 5.92 Å². The second kappa shape index (κ2) is 6.87. The van der Waals surface area contributed by atoms with E-state index in [4.69, 9.17) is 10.8 Å². The minimum Gasteiger partial charge on any atom is -0.481 e. The number of nitrogens with zero attached hydrogens (tertiary/aromatic N) is 6. The molecule has 0 bridgehead atoms. The van der Waals surface area contributed by atoms with Crippen molar-refractivity contribution in [1.82, 2.24) is 24.4 Å². The van der Waals surface area contributed by atoms with Crippen molar-refractivity contribution < 1.29 is 9.90 Å². The first kappa shape index (κ1) is 18.2. The third kappa shape index (κ3) is 3.14. The van der Waals surface area contributed by atoms with Gasteiger partial charge in [-0.15, -0.1) is 0 Å². The number of aromatic nitrogens is 5. The largest absolute Gasteiger partial charge is 0.481 e. The van der Waals surface area contributed by atoms with Crippen LogP contribution in [0.1, 0.15) is 6.42 Å². The molecular formula is C21H21N7O2. The number of carboxylic acids is 1. The van der Waals surface area contributed by atoms with Crippen molar-refractivity contribution in [3.05, 3.63) is 49.2 Å². The summed E-state index contributed by atoms with van der Waals surface area (Å²) in [5.74, 6) is 0.284. The number of pyridine rings is 2. The van der Waals surface area contributed by atoms with Gasteiger partial charge in [-0.05, 0) is 18.2 Å².